The van der Waals surface area contributed by atoms with Crippen LogP contribution in [-0.2, 0) is 19.0 Å². The molecule has 0 bridgehead atoms. The predicted molar refractivity (Wildman–Crippen MR) is 66.1 cm³/mol. The fourth-order valence-corrected chi connectivity index (χ4v) is 2.42. The SMILES string of the molecule is CCOC(=O)C1=C[C@H](N=[N+]=[N-])C[C@@H]2OC(C)(C)O[C@H]12. The first kappa shape index (κ1) is 13.9. The zero-order valence-corrected chi connectivity index (χ0v) is 11.2. The lowest BCUT2D eigenvalue weighted by Crippen LogP contribution is -2.36. The molecule has 1 heterocycles. The maximum Gasteiger partial charge on any atom is 0.336 e. The Labute approximate surface area is 111 Å². The zero-order chi connectivity index (χ0) is 14.0. The molecule has 0 N–H and O–H groups in total. The molecule has 7 nitrogen and oxygen atoms in total. The first-order valence-electron chi connectivity index (χ1n) is 6.25. The van der Waals surface area contributed by atoms with Crippen LogP contribution < -0.4 is 0 Å². The lowest BCUT2D eigenvalue weighted by Gasteiger charge is -2.25. The molecule has 3 atom stereocenters. The number of fused-ring (bicyclic) bond motifs is 1. The first-order valence-corrected chi connectivity index (χ1v) is 6.25. The van der Waals surface area contributed by atoms with Crippen molar-refractivity contribution in [2.75, 3.05) is 6.61 Å². The molecule has 2 rings (SSSR count). The van der Waals surface area contributed by atoms with Crippen LogP contribution in [0.1, 0.15) is 27.2 Å². The summed E-state index contributed by atoms with van der Waals surface area (Å²) in [7, 11) is 0. The Bertz CT molecular complexity index is 454. The normalized spacial score (nSPS) is 31.9. The van der Waals surface area contributed by atoms with Crippen molar-refractivity contribution < 1.29 is 19.0 Å². The van der Waals surface area contributed by atoms with Crippen molar-refractivity contribution >= 4 is 5.97 Å². The molecule has 19 heavy (non-hydrogen) atoms. The molecule has 7 heteroatoms. The van der Waals surface area contributed by atoms with Crippen LogP contribution in [0.25, 0.3) is 10.4 Å². The molecular formula is C12H17N3O4. The summed E-state index contributed by atoms with van der Waals surface area (Å²) in [4.78, 5) is 14.7. The molecular weight excluding hydrogens is 250 g/mol. The summed E-state index contributed by atoms with van der Waals surface area (Å²) in [5.41, 5.74) is 8.91. The van der Waals surface area contributed by atoms with E-state index in [1.807, 2.05) is 0 Å². The third kappa shape index (κ3) is 2.89. The summed E-state index contributed by atoms with van der Waals surface area (Å²) >= 11 is 0. The highest BCUT2D eigenvalue weighted by atomic mass is 16.8. The minimum absolute atomic E-state index is 0.282. The third-order valence-corrected chi connectivity index (χ3v) is 3.05. The molecule has 1 aliphatic carbocycles. The number of hydrogen-bond acceptors (Lipinski definition) is 5. The maximum absolute atomic E-state index is 11.9. The van der Waals surface area contributed by atoms with E-state index in [4.69, 9.17) is 19.7 Å². The second-order valence-corrected chi connectivity index (χ2v) is 4.95. The monoisotopic (exact) mass is 267 g/mol. The van der Waals surface area contributed by atoms with Gasteiger partial charge < -0.3 is 14.2 Å². The van der Waals surface area contributed by atoms with E-state index in [0.29, 0.717) is 12.0 Å². The van der Waals surface area contributed by atoms with Gasteiger partial charge in [-0.05, 0) is 32.7 Å². The molecule has 0 unspecified atom stereocenters. The first-order chi connectivity index (χ1) is 8.96. The van der Waals surface area contributed by atoms with Crippen LogP contribution in [0, 0.1) is 0 Å². The van der Waals surface area contributed by atoms with E-state index < -0.39 is 23.9 Å². The maximum atomic E-state index is 11.9. The van der Waals surface area contributed by atoms with Crippen molar-refractivity contribution in [3.05, 3.63) is 22.1 Å². The fourth-order valence-electron chi connectivity index (χ4n) is 2.42. The molecule has 0 radical (unpaired) electrons. The highest BCUT2D eigenvalue weighted by Gasteiger charge is 2.47. The molecule has 2 aliphatic rings. The minimum atomic E-state index is -0.758. The summed E-state index contributed by atoms with van der Waals surface area (Å²) in [5.74, 6) is -1.21. The molecule has 0 aromatic carbocycles. The van der Waals surface area contributed by atoms with Gasteiger partial charge in [0.2, 0.25) is 0 Å². The smallest absolute Gasteiger partial charge is 0.336 e. The predicted octanol–water partition coefficient (Wildman–Crippen LogP) is 2.08. The van der Waals surface area contributed by atoms with Crippen molar-refractivity contribution in [1.82, 2.24) is 0 Å². The summed E-state index contributed by atoms with van der Waals surface area (Å²) in [6.07, 6.45) is 1.36. The van der Waals surface area contributed by atoms with Gasteiger partial charge in [0.15, 0.2) is 5.79 Å². The number of carbonyl (C=O) groups is 1. The van der Waals surface area contributed by atoms with Gasteiger partial charge in [0, 0.05) is 4.91 Å². The van der Waals surface area contributed by atoms with Crippen LogP contribution in [0.3, 0.4) is 0 Å². The Morgan fingerprint density at radius 1 is 1.63 bits per heavy atom. The van der Waals surface area contributed by atoms with Crippen molar-refractivity contribution in [2.24, 2.45) is 5.11 Å². The Balaban J connectivity index is 2.29. The van der Waals surface area contributed by atoms with E-state index in [0.717, 1.165) is 0 Å². The largest absolute Gasteiger partial charge is 0.463 e. The number of carbonyl (C=O) groups excluding carboxylic acids is 1. The Hall–Kier alpha value is -1.56. The van der Waals surface area contributed by atoms with Gasteiger partial charge in [-0.15, -0.1) is 0 Å². The van der Waals surface area contributed by atoms with Crippen LogP contribution >= 0.6 is 0 Å². The number of esters is 1. The average Bonchev–Trinajstić information content (AvgIpc) is 2.62. The van der Waals surface area contributed by atoms with Crippen molar-refractivity contribution in [2.45, 2.75) is 51.2 Å². The van der Waals surface area contributed by atoms with Crippen LogP contribution in [0.2, 0.25) is 0 Å². The molecule has 1 aliphatic heterocycles. The van der Waals surface area contributed by atoms with Gasteiger partial charge in [-0.25, -0.2) is 4.79 Å². The Morgan fingerprint density at radius 3 is 3.00 bits per heavy atom. The van der Waals surface area contributed by atoms with Crippen LogP contribution in [-0.4, -0.2) is 36.6 Å². The molecule has 0 aromatic heterocycles. The van der Waals surface area contributed by atoms with E-state index in [1.54, 1.807) is 26.8 Å². The van der Waals surface area contributed by atoms with Crippen molar-refractivity contribution in [1.29, 1.82) is 0 Å². The number of nitrogens with zero attached hydrogens (tertiary/aromatic N) is 3. The quantitative estimate of drug-likeness (QED) is 0.338. The fraction of sp³-hybridized carbons (Fsp3) is 0.750. The highest BCUT2D eigenvalue weighted by molar-refractivity contribution is 5.90. The Morgan fingerprint density at radius 2 is 2.37 bits per heavy atom. The minimum Gasteiger partial charge on any atom is -0.463 e. The van der Waals surface area contributed by atoms with Gasteiger partial charge in [-0.1, -0.05) is 11.2 Å². The number of ether oxygens (including phenoxy) is 3. The van der Waals surface area contributed by atoms with Gasteiger partial charge in [0.25, 0.3) is 0 Å². The van der Waals surface area contributed by atoms with Gasteiger partial charge >= 0.3 is 5.97 Å². The molecule has 1 saturated heterocycles. The van der Waals surface area contributed by atoms with Gasteiger partial charge in [0.05, 0.1) is 24.3 Å². The average molecular weight is 267 g/mol. The number of azide groups is 1. The van der Waals surface area contributed by atoms with E-state index in [9.17, 15) is 4.79 Å². The molecule has 0 spiro atoms. The molecule has 0 saturated carbocycles. The number of rotatable bonds is 3. The standard InChI is InChI=1S/C12H17N3O4/c1-4-17-11(16)8-5-7(14-15-13)6-9-10(8)19-12(2,3)18-9/h5,7,9-10H,4,6H2,1-3H3/t7-,9-,10+/m0/s1. The third-order valence-electron chi connectivity index (χ3n) is 3.05. The van der Waals surface area contributed by atoms with Crippen molar-refractivity contribution in [3.63, 3.8) is 0 Å². The van der Waals surface area contributed by atoms with Crippen LogP contribution in [0.15, 0.2) is 16.8 Å². The summed E-state index contributed by atoms with van der Waals surface area (Å²) in [6, 6.07) is -0.414. The van der Waals surface area contributed by atoms with E-state index >= 15 is 0 Å². The van der Waals surface area contributed by atoms with Gasteiger partial charge in [-0.3, -0.25) is 0 Å². The second kappa shape index (κ2) is 5.21. The van der Waals surface area contributed by atoms with Crippen LogP contribution in [0.4, 0.5) is 0 Å². The van der Waals surface area contributed by atoms with Crippen molar-refractivity contribution in [3.8, 4) is 0 Å². The van der Waals surface area contributed by atoms with E-state index in [1.165, 1.54) is 0 Å². The topological polar surface area (TPSA) is 93.5 Å². The lowest BCUT2D eigenvalue weighted by molar-refractivity contribution is -0.148. The van der Waals surface area contributed by atoms with Gasteiger partial charge in [-0.2, -0.15) is 0 Å². The van der Waals surface area contributed by atoms with Gasteiger partial charge in [0.1, 0.15) is 6.10 Å². The van der Waals surface area contributed by atoms with Crippen LogP contribution in [0.5, 0.6) is 0 Å². The molecule has 1 fully saturated rings. The molecule has 0 aromatic rings. The lowest BCUT2D eigenvalue weighted by atomic mass is 9.91. The van der Waals surface area contributed by atoms with E-state index in [-0.39, 0.29) is 12.7 Å². The second-order valence-electron chi connectivity index (χ2n) is 4.95. The summed E-state index contributed by atoms with van der Waals surface area (Å²) in [6.45, 7) is 5.59. The molecule has 104 valence electrons. The molecule has 0 amide bonds. The van der Waals surface area contributed by atoms with E-state index in [2.05, 4.69) is 10.0 Å². The Kier molecular flexibility index (Phi) is 3.80. The highest BCUT2D eigenvalue weighted by Crippen LogP contribution is 2.38. The zero-order valence-electron chi connectivity index (χ0n) is 11.2. The summed E-state index contributed by atoms with van der Waals surface area (Å²) < 4.78 is 16.5. The number of hydrogen-bond donors (Lipinski definition) is 0. The summed E-state index contributed by atoms with van der Waals surface area (Å²) in [5, 5.41) is 3.65.